The van der Waals surface area contributed by atoms with Crippen molar-refractivity contribution in [3.8, 4) is 0 Å². The van der Waals surface area contributed by atoms with E-state index in [4.69, 9.17) is 10.3 Å². The van der Waals surface area contributed by atoms with Crippen molar-refractivity contribution in [3.63, 3.8) is 0 Å². The highest BCUT2D eigenvalue weighted by atomic mass is 16.5. The van der Waals surface area contributed by atoms with Crippen LogP contribution in [0.15, 0.2) is 35.4 Å². The van der Waals surface area contributed by atoms with Gasteiger partial charge in [-0.15, -0.1) is 6.58 Å². The predicted octanol–water partition coefficient (Wildman–Crippen LogP) is 2.14. The van der Waals surface area contributed by atoms with Gasteiger partial charge in [0.25, 0.3) is 0 Å². The van der Waals surface area contributed by atoms with Gasteiger partial charge >= 0.3 is 0 Å². The van der Waals surface area contributed by atoms with Crippen LogP contribution in [0.25, 0.3) is 11.0 Å². The fourth-order valence-electron chi connectivity index (χ4n) is 1.35. The van der Waals surface area contributed by atoms with Gasteiger partial charge in [-0.1, -0.05) is 23.4 Å². The van der Waals surface area contributed by atoms with Gasteiger partial charge in [-0.2, -0.15) is 0 Å². The fraction of sp³-hybridized carbons (Fsp3) is 0.100. The molecule has 0 atom stereocenters. The first-order chi connectivity index (χ1) is 6.33. The Balaban J connectivity index is 2.69. The van der Waals surface area contributed by atoms with Gasteiger partial charge in [-0.3, -0.25) is 0 Å². The number of hydrogen-bond acceptors (Lipinski definition) is 3. The number of nitrogen functional groups attached to an aromatic ring is 1. The zero-order chi connectivity index (χ0) is 9.26. The predicted molar refractivity (Wildman–Crippen MR) is 52.3 cm³/mol. The number of allylic oxidation sites excluding steroid dienone is 1. The molecule has 0 aliphatic carbocycles. The summed E-state index contributed by atoms with van der Waals surface area (Å²) in [6.45, 7) is 3.68. The van der Waals surface area contributed by atoms with E-state index >= 15 is 0 Å². The third-order valence-electron chi connectivity index (χ3n) is 1.97. The lowest BCUT2D eigenvalue weighted by molar-refractivity contribution is 0.458. The summed E-state index contributed by atoms with van der Waals surface area (Å²) >= 11 is 0. The van der Waals surface area contributed by atoms with Gasteiger partial charge in [0.05, 0.1) is 5.39 Å². The SMILES string of the molecule is C=CCc1cccc2c(N)noc12. The Hall–Kier alpha value is -1.77. The molecule has 0 bridgehead atoms. The molecule has 3 nitrogen and oxygen atoms in total. The van der Waals surface area contributed by atoms with Gasteiger partial charge in [0, 0.05) is 5.56 Å². The summed E-state index contributed by atoms with van der Waals surface area (Å²) in [5.41, 5.74) is 7.44. The molecule has 0 radical (unpaired) electrons. The molecule has 1 aromatic carbocycles. The maximum absolute atomic E-state index is 5.61. The van der Waals surface area contributed by atoms with Crippen molar-refractivity contribution in [1.82, 2.24) is 5.16 Å². The average Bonchev–Trinajstić information content (AvgIpc) is 2.50. The molecule has 66 valence electrons. The van der Waals surface area contributed by atoms with Gasteiger partial charge in [0.2, 0.25) is 0 Å². The van der Waals surface area contributed by atoms with Crippen LogP contribution in [0.3, 0.4) is 0 Å². The monoisotopic (exact) mass is 174 g/mol. The number of aromatic nitrogens is 1. The van der Waals surface area contributed by atoms with Crippen molar-refractivity contribution < 1.29 is 4.52 Å². The molecule has 0 aliphatic rings. The second-order valence-electron chi connectivity index (χ2n) is 2.85. The van der Waals surface area contributed by atoms with Crippen LogP contribution in [-0.2, 0) is 6.42 Å². The number of fused-ring (bicyclic) bond motifs is 1. The van der Waals surface area contributed by atoms with Crippen LogP contribution >= 0.6 is 0 Å². The molecule has 0 saturated heterocycles. The molecule has 0 aliphatic heterocycles. The molecule has 3 heteroatoms. The molecule has 2 rings (SSSR count). The van der Waals surface area contributed by atoms with Crippen molar-refractivity contribution in [3.05, 3.63) is 36.4 Å². The highest BCUT2D eigenvalue weighted by molar-refractivity contribution is 5.89. The smallest absolute Gasteiger partial charge is 0.174 e. The van der Waals surface area contributed by atoms with E-state index in [0.29, 0.717) is 5.82 Å². The minimum absolute atomic E-state index is 0.445. The second-order valence-corrected chi connectivity index (χ2v) is 2.85. The molecule has 2 N–H and O–H groups in total. The maximum Gasteiger partial charge on any atom is 0.174 e. The van der Waals surface area contributed by atoms with E-state index in [9.17, 15) is 0 Å². The number of para-hydroxylation sites is 1. The highest BCUT2D eigenvalue weighted by Crippen LogP contribution is 2.23. The van der Waals surface area contributed by atoms with Crippen molar-refractivity contribution in [2.45, 2.75) is 6.42 Å². The van der Waals surface area contributed by atoms with Crippen LogP contribution in [0, 0.1) is 0 Å². The second kappa shape index (κ2) is 2.94. The van der Waals surface area contributed by atoms with Crippen molar-refractivity contribution in [2.75, 3.05) is 5.73 Å². The molecular weight excluding hydrogens is 164 g/mol. The van der Waals surface area contributed by atoms with E-state index in [2.05, 4.69) is 11.7 Å². The quantitative estimate of drug-likeness (QED) is 0.709. The standard InChI is InChI=1S/C10H10N2O/c1-2-4-7-5-3-6-8-9(7)13-12-10(8)11/h2-3,5-6H,1,4H2,(H2,11,12). The van der Waals surface area contributed by atoms with Crippen LogP contribution in [0.1, 0.15) is 5.56 Å². The van der Waals surface area contributed by atoms with E-state index in [-0.39, 0.29) is 0 Å². The first-order valence-corrected chi connectivity index (χ1v) is 4.06. The molecule has 0 saturated carbocycles. The molecule has 1 heterocycles. The Morgan fingerprint density at radius 2 is 2.38 bits per heavy atom. The lowest BCUT2D eigenvalue weighted by Gasteiger charge is -1.95. The minimum Gasteiger partial charge on any atom is -0.380 e. The van der Waals surface area contributed by atoms with Gasteiger partial charge in [0.15, 0.2) is 11.4 Å². The van der Waals surface area contributed by atoms with E-state index in [1.54, 1.807) is 0 Å². The molecule has 13 heavy (non-hydrogen) atoms. The summed E-state index contributed by atoms with van der Waals surface area (Å²) < 4.78 is 5.11. The van der Waals surface area contributed by atoms with E-state index < -0.39 is 0 Å². The van der Waals surface area contributed by atoms with Gasteiger partial charge in [-0.25, -0.2) is 0 Å². The maximum atomic E-state index is 5.61. The molecular formula is C10H10N2O. The number of anilines is 1. The third kappa shape index (κ3) is 1.18. The van der Waals surface area contributed by atoms with E-state index in [0.717, 1.165) is 23.0 Å². The molecule has 0 amide bonds. The Labute approximate surface area is 75.8 Å². The van der Waals surface area contributed by atoms with Crippen LogP contribution < -0.4 is 5.73 Å². The Morgan fingerprint density at radius 1 is 1.54 bits per heavy atom. The number of hydrogen-bond donors (Lipinski definition) is 1. The summed E-state index contributed by atoms with van der Waals surface area (Å²) in [5, 5.41) is 4.58. The Morgan fingerprint density at radius 3 is 3.15 bits per heavy atom. The number of nitrogens with zero attached hydrogens (tertiary/aromatic N) is 1. The highest BCUT2D eigenvalue weighted by Gasteiger charge is 2.07. The van der Waals surface area contributed by atoms with E-state index in [1.807, 2.05) is 24.3 Å². The average molecular weight is 174 g/mol. The van der Waals surface area contributed by atoms with Gasteiger partial charge in [-0.05, 0) is 12.5 Å². The Kier molecular flexibility index (Phi) is 1.77. The van der Waals surface area contributed by atoms with Crippen LogP contribution in [-0.4, -0.2) is 5.16 Å². The third-order valence-corrected chi connectivity index (χ3v) is 1.97. The summed E-state index contributed by atoms with van der Waals surface area (Å²) in [5.74, 6) is 0.445. The minimum atomic E-state index is 0.445. The normalized spacial score (nSPS) is 10.5. The summed E-state index contributed by atoms with van der Waals surface area (Å²) in [6.07, 6.45) is 2.60. The summed E-state index contributed by atoms with van der Waals surface area (Å²) in [7, 11) is 0. The number of rotatable bonds is 2. The first kappa shape index (κ1) is 7.86. The van der Waals surface area contributed by atoms with Gasteiger partial charge in [0.1, 0.15) is 0 Å². The lowest BCUT2D eigenvalue weighted by Crippen LogP contribution is -1.84. The van der Waals surface area contributed by atoms with Crippen LogP contribution in [0.2, 0.25) is 0 Å². The molecule has 0 fully saturated rings. The largest absolute Gasteiger partial charge is 0.380 e. The molecule has 1 aromatic heterocycles. The summed E-state index contributed by atoms with van der Waals surface area (Å²) in [6, 6.07) is 5.82. The summed E-state index contributed by atoms with van der Waals surface area (Å²) in [4.78, 5) is 0. The Bertz CT molecular complexity index is 445. The van der Waals surface area contributed by atoms with Gasteiger partial charge < -0.3 is 10.3 Å². The molecule has 2 aromatic rings. The zero-order valence-corrected chi connectivity index (χ0v) is 7.16. The van der Waals surface area contributed by atoms with Crippen molar-refractivity contribution in [1.29, 1.82) is 0 Å². The van der Waals surface area contributed by atoms with Crippen molar-refractivity contribution in [2.24, 2.45) is 0 Å². The van der Waals surface area contributed by atoms with Crippen LogP contribution in [0.4, 0.5) is 5.82 Å². The number of nitrogens with two attached hydrogens (primary N) is 1. The topological polar surface area (TPSA) is 52.0 Å². The number of benzene rings is 1. The first-order valence-electron chi connectivity index (χ1n) is 4.06. The lowest BCUT2D eigenvalue weighted by atomic mass is 10.1. The zero-order valence-electron chi connectivity index (χ0n) is 7.16. The fourth-order valence-corrected chi connectivity index (χ4v) is 1.35. The van der Waals surface area contributed by atoms with Crippen LogP contribution in [0.5, 0.6) is 0 Å². The molecule has 0 spiro atoms. The molecule has 0 unspecified atom stereocenters. The van der Waals surface area contributed by atoms with Crippen molar-refractivity contribution >= 4 is 16.8 Å². The van der Waals surface area contributed by atoms with E-state index in [1.165, 1.54) is 0 Å².